The molecule has 1 unspecified atom stereocenters. The zero-order valence-corrected chi connectivity index (χ0v) is 10.7. The molecule has 1 fully saturated rings. The molecule has 0 saturated carbocycles. The molecule has 6 heteroatoms. The predicted octanol–water partition coefficient (Wildman–Crippen LogP) is 0.883. The molecule has 1 aliphatic rings. The molecule has 0 bridgehead atoms. The number of likely N-dealkylation sites (N-methyl/N-ethyl adjacent to an activating group) is 1. The Labute approximate surface area is 110 Å². The van der Waals surface area contributed by atoms with E-state index >= 15 is 0 Å². The van der Waals surface area contributed by atoms with Crippen LogP contribution in [0.4, 0.5) is 5.69 Å². The van der Waals surface area contributed by atoms with E-state index in [1.807, 2.05) is 0 Å². The molecule has 0 aromatic heterocycles. The topological polar surface area (TPSA) is 75.4 Å². The summed E-state index contributed by atoms with van der Waals surface area (Å²) in [6.45, 7) is 0.647. The highest BCUT2D eigenvalue weighted by Crippen LogP contribution is 2.23. The van der Waals surface area contributed by atoms with Crippen LogP contribution in [0, 0.1) is 0 Å². The molecule has 18 heavy (non-hydrogen) atoms. The van der Waals surface area contributed by atoms with E-state index in [-0.39, 0.29) is 16.8 Å². The second-order valence-corrected chi connectivity index (χ2v) is 4.66. The number of nitrogen functional groups attached to an aromatic ring is 1. The van der Waals surface area contributed by atoms with Gasteiger partial charge in [-0.1, -0.05) is 17.7 Å². The number of rotatable bonds is 2. The largest absolute Gasteiger partial charge is 0.398 e. The lowest BCUT2D eigenvalue weighted by Gasteiger charge is -2.13. The number of halogens is 1. The van der Waals surface area contributed by atoms with Crippen LogP contribution >= 0.6 is 11.6 Å². The molecule has 5 nitrogen and oxygen atoms in total. The summed E-state index contributed by atoms with van der Waals surface area (Å²) in [5.74, 6) is -0.454. The number of nitrogens with one attached hydrogen (secondary N) is 1. The number of amides is 2. The van der Waals surface area contributed by atoms with Crippen LogP contribution in [0.5, 0.6) is 0 Å². The summed E-state index contributed by atoms with van der Waals surface area (Å²) in [6, 6.07) is 4.38. The molecule has 1 aromatic rings. The van der Waals surface area contributed by atoms with Crippen LogP contribution in [-0.2, 0) is 4.79 Å². The van der Waals surface area contributed by atoms with Crippen molar-refractivity contribution >= 4 is 29.1 Å². The lowest BCUT2D eigenvalue weighted by molar-refractivity contribution is -0.128. The summed E-state index contributed by atoms with van der Waals surface area (Å²) < 4.78 is 0. The summed E-state index contributed by atoms with van der Waals surface area (Å²) in [5, 5.41) is 2.89. The monoisotopic (exact) mass is 267 g/mol. The van der Waals surface area contributed by atoms with E-state index in [9.17, 15) is 9.59 Å². The van der Waals surface area contributed by atoms with E-state index in [1.165, 1.54) is 0 Å². The molecule has 1 aliphatic heterocycles. The minimum absolute atomic E-state index is 0.0802. The number of carbonyl (C=O) groups excluding carboxylic acids is 2. The maximum atomic E-state index is 12.0. The number of carbonyl (C=O) groups is 2. The normalized spacial score (nSPS) is 19.1. The molecule has 0 radical (unpaired) electrons. The minimum atomic E-state index is -0.472. The molecule has 2 rings (SSSR count). The third-order valence-electron chi connectivity index (χ3n) is 3.01. The molecular formula is C12H14ClN3O2. The molecule has 0 spiro atoms. The van der Waals surface area contributed by atoms with Crippen molar-refractivity contribution in [1.29, 1.82) is 0 Å². The molecule has 2 amide bonds. The van der Waals surface area contributed by atoms with Crippen LogP contribution < -0.4 is 11.1 Å². The van der Waals surface area contributed by atoms with Crippen LogP contribution in [-0.4, -0.2) is 36.3 Å². The van der Waals surface area contributed by atoms with Crippen molar-refractivity contribution in [2.75, 3.05) is 19.3 Å². The van der Waals surface area contributed by atoms with Crippen LogP contribution in [0.25, 0.3) is 0 Å². The van der Waals surface area contributed by atoms with E-state index in [2.05, 4.69) is 5.32 Å². The highest BCUT2D eigenvalue weighted by molar-refractivity contribution is 6.36. The minimum Gasteiger partial charge on any atom is -0.398 e. The Kier molecular flexibility index (Phi) is 3.43. The van der Waals surface area contributed by atoms with E-state index < -0.39 is 6.04 Å². The van der Waals surface area contributed by atoms with Gasteiger partial charge in [-0.3, -0.25) is 9.59 Å². The number of hydrogen-bond donors (Lipinski definition) is 2. The SMILES string of the molecule is CN1CCC(NC(=O)c2cccc(N)c2Cl)C1=O. The van der Waals surface area contributed by atoms with Crippen molar-refractivity contribution in [1.82, 2.24) is 10.2 Å². The Morgan fingerprint density at radius 3 is 2.89 bits per heavy atom. The summed E-state index contributed by atoms with van der Waals surface area (Å²) in [6.07, 6.45) is 0.612. The third-order valence-corrected chi connectivity index (χ3v) is 3.43. The van der Waals surface area contributed by atoms with Gasteiger partial charge in [-0.25, -0.2) is 0 Å². The average Bonchev–Trinajstić information content (AvgIpc) is 2.64. The van der Waals surface area contributed by atoms with Crippen LogP contribution in [0.2, 0.25) is 5.02 Å². The van der Waals surface area contributed by atoms with Gasteiger partial charge in [0.25, 0.3) is 5.91 Å². The fourth-order valence-corrected chi connectivity index (χ4v) is 2.13. The maximum absolute atomic E-state index is 12.0. The molecule has 1 aromatic carbocycles. The highest BCUT2D eigenvalue weighted by Gasteiger charge is 2.30. The van der Waals surface area contributed by atoms with Crippen molar-refractivity contribution in [2.45, 2.75) is 12.5 Å². The van der Waals surface area contributed by atoms with Crippen molar-refractivity contribution in [3.63, 3.8) is 0 Å². The molecule has 1 saturated heterocycles. The molecule has 0 aliphatic carbocycles. The zero-order chi connectivity index (χ0) is 13.3. The highest BCUT2D eigenvalue weighted by atomic mass is 35.5. The van der Waals surface area contributed by atoms with Crippen molar-refractivity contribution < 1.29 is 9.59 Å². The van der Waals surface area contributed by atoms with E-state index in [4.69, 9.17) is 17.3 Å². The number of nitrogens with zero attached hydrogens (tertiary/aromatic N) is 1. The Bertz CT molecular complexity index is 504. The number of hydrogen-bond acceptors (Lipinski definition) is 3. The first-order chi connectivity index (χ1) is 8.50. The summed E-state index contributed by atoms with van der Waals surface area (Å²) >= 11 is 5.96. The lowest BCUT2D eigenvalue weighted by Crippen LogP contribution is -2.40. The smallest absolute Gasteiger partial charge is 0.253 e. The quantitative estimate of drug-likeness (QED) is 0.781. The number of anilines is 1. The zero-order valence-electron chi connectivity index (χ0n) is 9.94. The van der Waals surface area contributed by atoms with Gasteiger partial charge >= 0.3 is 0 Å². The van der Waals surface area contributed by atoms with Crippen molar-refractivity contribution in [2.24, 2.45) is 0 Å². The molecule has 3 N–H and O–H groups in total. The van der Waals surface area contributed by atoms with E-state index in [0.717, 1.165) is 0 Å². The second kappa shape index (κ2) is 4.86. The third kappa shape index (κ3) is 2.26. The van der Waals surface area contributed by atoms with Gasteiger partial charge in [0.15, 0.2) is 0 Å². The van der Waals surface area contributed by atoms with Gasteiger partial charge in [0, 0.05) is 13.6 Å². The standard InChI is InChI=1S/C12H14ClN3O2/c1-16-6-5-9(12(16)18)15-11(17)7-3-2-4-8(14)10(7)13/h2-4,9H,5-6,14H2,1H3,(H,15,17). The maximum Gasteiger partial charge on any atom is 0.253 e. The van der Waals surface area contributed by atoms with Crippen LogP contribution in [0.3, 0.4) is 0 Å². The molecular weight excluding hydrogens is 254 g/mol. The van der Waals surface area contributed by atoms with Gasteiger partial charge in [-0.05, 0) is 18.6 Å². The Balaban J connectivity index is 2.13. The molecule has 1 atom stereocenters. The van der Waals surface area contributed by atoms with Gasteiger partial charge in [-0.15, -0.1) is 0 Å². The van der Waals surface area contributed by atoms with Gasteiger partial charge in [0.05, 0.1) is 16.3 Å². The Morgan fingerprint density at radius 1 is 1.56 bits per heavy atom. The van der Waals surface area contributed by atoms with Crippen molar-refractivity contribution in [3.8, 4) is 0 Å². The summed E-state index contributed by atoms with van der Waals surface area (Å²) in [7, 11) is 1.71. The first kappa shape index (κ1) is 12.7. The number of benzene rings is 1. The Morgan fingerprint density at radius 2 is 2.28 bits per heavy atom. The molecule has 1 heterocycles. The van der Waals surface area contributed by atoms with Crippen LogP contribution in [0.1, 0.15) is 16.8 Å². The fourth-order valence-electron chi connectivity index (χ4n) is 1.92. The number of nitrogens with two attached hydrogens (primary N) is 1. The van der Waals surface area contributed by atoms with E-state index in [1.54, 1.807) is 30.1 Å². The fraction of sp³-hybridized carbons (Fsp3) is 0.333. The Hall–Kier alpha value is -1.75. The number of likely N-dealkylation sites (tertiary alicyclic amines) is 1. The van der Waals surface area contributed by atoms with Crippen LogP contribution in [0.15, 0.2) is 18.2 Å². The lowest BCUT2D eigenvalue weighted by atomic mass is 10.1. The first-order valence-electron chi connectivity index (χ1n) is 5.60. The van der Waals surface area contributed by atoms with Gasteiger partial charge in [-0.2, -0.15) is 0 Å². The van der Waals surface area contributed by atoms with Crippen molar-refractivity contribution in [3.05, 3.63) is 28.8 Å². The van der Waals surface area contributed by atoms with E-state index in [0.29, 0.717) is 24.2 Å². The second-order valence-electron chi connectivity index (χ2n) is 4.28. The summed E-state index contributed by atoms with van der Waals surface area (Å²) in [4.78, 5) is 25.3. The first-order valence-corrected chi connectivity index (χ1v) is 5.98. The summed E-state index contributed by atoms with van der Waals surface area (Å²) in [5.41, 5.74) is 6.27. The average molecular weight is 268 g/mol. The van der Waals surface area contributed by atoms with Gasteiger partial charge in [0.1, 0.15) is 6.04 Å². The molecule has 96 valence electrons. The van der Waals surface area contributed by atoms with Gasteiger partial charge < -0.3 is 16.0 Å². The predicted molar refractivity (Wildman–Crippen MR) is 69.4 cm³/mol. The van der Waals surface area contributed by atoms with Gasteiger partial charge in [0.2, 0.25) is 5.91 Å².